The second kappa shape index (κ2) is 8.98. The van der Waals surface area contributed by atoms with Crippen molar-refractivity contribution in [2.75, 3.05) is 32.8 Å². The quantitative estimate of drug-likeness (QED) is 0.582. The molecule has 0 saturated carbocycles. The van der Waals surface area contributed by atoms with Crippen LogP contribution in [0.5, 0.6) is 23.0 Å². The molecule has 0 radical (unpaired) electrons. The minimum absolute atomic E-state index is 0.341. The van der Waals surface area contributed by atoms with Crippen LogP contribution in [0.25, 0.3) is 0 Å². The number of rotatable bonds is 7. The summed E-state index contributed by atoms with van der Waals surface area (Å²) in [6.45, 7) is 2.60. The summed E-state index contributed by atoms with van der Waals surface area (Å²) in [5, 5.41) is 6.66. The van der Waals surface area contributed by atoms with E-state index in [9.17, 15) is 4.79 Å². The first-order chi connectivity index (χ1) is 13.6. The molecule has 0 bridgehead atoms. The number of para-hydroxylation sites is 1. The Morgan fingerprint density at radius 1 is 1.14 bits per heavy atom. The summed E-state index contributed by atoms with van der Waals surface area (Å²) < 4.78 is 21.5. The molecule has 0 aromatic heterocycles. The third-order valence-electron chi connectivity index (χ3n) is 4.02. The molecule has 8 heteroatoms. The number of ether oxygens (including phenoxy) is 4. The molecule has 1 heterocycles. The van der Waals surface area contributed by atoms with Gasteiger partial charge in [-0.25, -0.2) is 0 Å². The molecule has 1 amide bonds. The Morgan fingerprint density at radius 3 is 2.68 bits per heavy atom. The monoisotopic (exact) mass is 386 g/mol. The van der Waals surface area contributed by atoms with Gasteiger partial charge in [-0.1, -0.05) is 11.2 Å². The van der Waals surface area contributed by atoms with Crippen molar-refractivity contribution in [3.63, 3.8) is 0 Å². The first kappa shape index (κ1) is 19.3. The Labute approximate surface area is 163 Å². The van der Waals surface area contributed by atoms with E-state index in [-0.39, 0.29) is 5.91 Å². The van der Waals surface area contributed by atoms with Gasteiger partial charge >= 0.3 is 0 Å². The smallest absolute Gasteiger partial charge is 0.267 e. The molecular formula is C20H22N2O6. The van der Waals surface area contributed by atoms with E-state index in [4.69, 9.17) is 23.8 Å². The fraction of sp³-hybridized carbons (Fsp3) is 0.300. The van der Waals surface area contributed by atoms with Crippen LogP contribution in [0.3, 0.4) is 0 Å². The van der Waals surface area contributed by atoms with Crippen LogP contribution >= 0.6 is 0 Å². The first-order valence-electron chi connectivity index (χ1n) is 8.73. The maximum atomic E-state index is 12.3. The zero-order valence-electron chi connectivity index (χ0n) is 15.9. The summed E-state index contributed by atoms with van der Waals surface area (Å²) in [7, 11) is 3.10. The number of benzene rings is 2. The highest BCUT2D eigenvalue weighted by molar-refractivity contribution is 5.94. The number of fused-ring (bicyclic) bond motifs is 1. The van der Waals surface area contributed by atoms with Gasteiger partial charge in [0.1, 0.15) is 13.2 Å². The van der Waals surface area contributed by atoms with E-state index in [1.807, 2.05) is 0 Å². The number of oxime groups is 1. The molecule has 0 saturated heterocycles. The van der Waals surface area contributed by atoms with Crippen molar-refractivity contribution in [3.8, 4) is 23.0 Å². The maximum absolute atomic E-state index is 12.3. The Kier molecular flexibility index (Phi) is 6.21. The molecule has 0 aliphatic carbocycles. The summed E-state index contributed by atoms with van der Waals surface area (Å²) in [4.78, 5) is 17.6. The van der Waals surface area contributed by atoms with Gasteiger partial charge in [0.15, 0.2) is 23.0 Å². The van der Waals surface area contributed by atoms with Crippen molar-refractivity contribution in [1.82, 2.24) is 0 Å². The average Bonchev–Trinajstić information content (AvgIpc) is 2.73. The van der Waals surface area contributed by atoms with Gasteiger partial charge in [-0.2, -0.15) is 0 Å². The third-order valence-corrected chi connectivity index (χ3v) is 4.02. The molecule has 148 valence electrons. The van der Waals surface area contributed by atoms with E-state index in [0.717, 1.165) is 0 Å². The highest BCUT2D eigenvalue weighted by Crippen LogP contribution is 2.32. The standard InChI is InChI=1S/C20H22N2O6/c1-13(28-21-12-14-5-4-6-17(24-2)19(14)25-3)20(23)22-15-7-8-16-18(11-15)27-10-9-26-16/h4-8,11-13H,9-10H2,1-3H3,(H,22,23)/b21-12-/t13-/m0/s1. The van der Waals surface area contributed by atoms with Gasteiger partial charge in [0, 0.05) is 17.3 Å². The van der Waals surface area contributed by atoms with Gasteiger partial charge in [-0.05, 0) is 31.2 Å². The minimum Gasteiger partial charge on any atom is -0.493 e. The molecule has 1 aliphatic rings. The zero-order chi connectivity index (χ0) is 19.9. The Hall–Kier alpha value is -3.42. The van der Waals surface area contributed by atoms with Crippen molar-refractivity contribution in [2.45, 2.75) is 13.0 Å². The van der Waals surface area contributed by atoms with E-state index < -0.39 is 6.10 Å². The number of hydrogen-bond donors (Lipinski definition) is 1. The second-order valence-electron chi connectivity index (χ2n) is 5.91. The van der Waals surface area contributed by atoms with Gasteiger partial charge in [0.25, 0.3) is 5.91 Å². The fourth-order valence-corrected chi connectivity index (χ4v) is 2.61. The number of nitrogens with zero attached hydrogens (tertiary/aromatic N) is 1. The summed E-state index contributed by atoms with van der Waals surface area (Å²) in [6.07, 6.45) is 0.663. The highest BCUT2D eigenvalue weighted by Gasteiger charge is 2.17. The van der Waals surface area contributed by atoms with Gasteiger partial charge in [0.05, 0.1) is 20.4 Å². The number of methoxy groups -OCH3 is 2. The molecule has 28 heavy (non-hydrogen) atoms. The van der Waals surface area contributed by atoms with E-state index in [0.29, 0.717) is 47.5 Å². The highest BCUT2D eigenvalue weighted by atomic mass is 16.6. The average molecular weight is 386 g/mol. The molecule has 0 spiro atoms. The molecule has 1 N–H and O–H groups in total. The first-order valence-corrected chi connectivity index (χ1v) is 8.73. The molecule has 1 atom stereocenters. The molecule has 1 aliphatic heterocycles. The summed E-state index contributed by atoms with van der Waals surface area (Å²) in [6, 6.07) is 10.6. The lowest BCUT2D eigenvalue weighted by Crippen LogP contribution is -2.26. The lowest BCUT2D eigenvalue weighted by atomic mass is 10.2. The van der Waals surface area contributed by atoms with Crippen LogP contribution in [0.15, 0.2) is 41.6 Å². The number of carbonyl (C=O) groups excluding carboxylic acids is 1. The van der Waals surface area contributed by atoms with Crippen LogP contribution in [0.1, 0.15) is 12.5 Å². The topological polar surface area (TPSA) is 87.6 Å². The van der Waals surface area contributed by atoms with Crippen molar-refractivity contribution >= 4 is 17.8 Å². The summed E-state index contributed by atoms with van der Waals surface area (Å²) in [5.41, 5.74) is 1.25. The molecular weight excluding hydrogens is 364 g/mol. The summed E-state index contributed by atoms with van der Waals surface area (Å²) in [5.74, 6) is 2.03. The number of amides is 1. The predicted octanol–water partition coefficient (Wildman–Crippen LogP) is 2.85. The minimum atomic E-state index is -0.805. The normalized spacial score (nSPS) is 13.7. The van der Waals surface area contributed by atoms with Crippen LogP contribution in [-0.2, 0) is 9.63 Å². The maximum Gasteiger partial charge on any atom is 0.267 e. The molecule has 0 unspecified atom stereocenters. The lowest BCUT2D eigenvalue weighted by Gasteiger charge is -2.19. The number of hydrogen-bond acceptors (Lipinski definition) is 7. The Morgan fingerprint density at radius 2 is 1.93 bits per heavy atom. The van der Waals surface area contributed by atoms with Crippen LogP contribution in [-0.4, -0.2) is 45.7 Å². The Bertz CT molecular complexity index is 868. The van der Waals surface area contributed by atoms with Crippen LogP contribution in [0.4, 0.5) is 5.69 Å². The zero-order valence-corrected chi connectivity index (χ0v) is 15.9. The largest absolute Gasteiger partial charge is 0.493 e. The van der Waals surface area contributed by atoms with Crippen molar-refractivity contribution in [2.24, 2.45) is 5.16 Å². The van der Waals surface area contributed by atoms with Gasteiger partial charge in [-0.15, -0.1) is 0 Å². The van der Waals surface area contributed by atoms with E-state index in [1.165, 1.54) is 6.21 Å². The van der Waals surface area contributed by atoms with Crippen molar-refractivity contribution < 1.29 is 28.6 Å². The molecule has 8 nitrogen and oxygen atoms in total. The van der Waals surface area contributed by atoms with Gasteiger partial charge in [0.2, 0.25) is 6.10 Å². The lowest BCUT2D eigenvalue weighted by molar-refractivity contribution is -0.126. The van der Waals surface area contributed by atoms with E-state index >= 15 is 0 Å². The molecule has 2 aromatic carbocycles. The van der Waals surface area contributed by atoms with Crippen LogP contribution in [0.2, 0.25) is 0 Å². The third kappa shape index (κ3) is 4.46. The van der Waals surface area contributed by atoms with Crippen LogP contribution < -0.4 is 24.3 Å². The number of nitrogens with one attached hydrogen (secondary N) is 1. The van der Waals surface area contributed by atoms with E-state index in [2.05, 4.69) is 10.5 Å². The van der Waals surface area contributed by atoms with Gasteiger partial charge in [-0.3, -0.25) is 4.79 Å². The van der Waals surface area contributed by atoms with Crippen molar-refractivity contribution in [1.29, 1.82) is 0 Å². The predicted molar refractivity (Wildman–Crippen MR) is 104 cm³/mol. The second-order valence-corrected chi connectivity index (χ2v) is 5.91. The molecule has 3 rings (SSSR count). The fourth-order valence-electron chi connectivity index (χ4n) is 2.61. The molecule has 0 fully saturated rings. The number of carbonyl (C=O) groups is 1. The van der Waals surface area contributed by atoms with Gasteiger partial charge < -0.3 is 29.1 Å². The Balaban J connectivity index is 1.60. The summed E-state index contributed by atoms with van der Waals surface area (Å²) >= 11 is 0. The SMILES string of the molecule is COc1cccc(/C=N\O[C@@H](C)C(=O)Nc2ccc3c(c2)OCCO3)c1OC. The van der Waals surface area contributed by atoms with Crippen LogP contribution in [0, 0.1) is 0 Å². The number of anilines is 1. The van der Waals surface area contributed by atoms with Crippen molar-refractivity contribution in [3.05, 3.63) is 42.0 Å². The van der Waals surface area contributed by atoms with E-state index in [1.54, 1.807) is 57.5 Å². The molecule has 2 aromatic rings.